The average molecular weight is 336 g/mol. The van der Waals surface area contributed by atoms with Gasteiger partial charge in [0.1, 0.15) is 11.6 Å². The second-order valence-corrected chi connectivity index (χ2v) is 5.67. The van der Waals surface area contributed by atoms with Gasteiger partial charge in [-0.05, 0) is 12.8 Å². The van der Waals surface area contributed by atoms with Gasteiger partial charge in [-0.15, -0.1) is 0 Å². The van der Waals surface area contributed by atoms with Crippen LogP contribution in [0.1, 0.15) is 38.5 Å². The largest absolute Gasteiger partial charge is 0.462 e. The second-order valence-electron chi connectivity index (χ2n) is 5.67. The van der Waals surface area contributed by atoms with Gasteiger partial charge in [-0.3, -0.25) is 9.59 Å². The molecule has 6 heteroatoms. The third kappa shape index (κ3) is 6.48. The van der Waals surface area contributed by atoms with E-state index in [2.05, 4.69) is 13.2 Å². The van der Waals surface area contributed by atoms with Gasteiger partial charge >= 0.3 is 11.9 Å². The smallest absolute Gasteiger partial charge is 0.330 e. The van der Waals surface area contributed by atoms with E-state index in [1.807, 2.05) is 0 Å². The first-order chi connectivity index (χ1) is 11.5. The molecule has 0 aliphatic heterocycles. The Hall–Kier alpha value is -2.24. The van der Waals surface area contributed by atoms with Gasteiger partial charge in [-0.25, -0.2) is 9.59 Å². The minimum absolute atomic E-state index is 0.00194. The number of ketones is 2. The molecule has 1 fully saturated rings. The first-order valence-corrected chi connectivity index (χ1v) is 8.13. The lowest BCUT2D eigenvalue weighted by Crippen LogP contribution is -2.34. The minimum atomic E-state index is -0.567. The Labute approximate surface area is 141 Å². The Balaban J connectivity index is 2.50. The topological polar surface area (TPSA) is 86.7 Å². The summed E-state index contributed by atoms with van der Waals surface area (Å²) in [4.78, 5) is 46.7. The number of hydrogen-bond acceptors (Lipinski definition) is 6. The van der Waals surface area contributed by atoms with Crippen LogP contribution in [-0.2, 0) is 28.7 Å². The molecule has 0 aromatic heterocycles. The zero-order valence-corrected chi connectivity index (χ0v) is 13.8. The number of ether oxygens (including phenoxy) is 2. The van der Waals surface area contributed by atoms with E-state index < -0.39 is 11.9 Å². The summed E-state index contributed by atoms with van der Waals surface area (Å²) < 4.78 is 9.64. The molecular formula is C18H24O6. The molecule has 0 N–H and O–H groups in total. The first-order valence-electron chi connectivity index (χ1n) is 8.13. The van der Waals surface area contributed by atoms with Crippen molar-refractivity contribution >= 4 is 23.5 Å². The summed E-state index contributed by atoms with van der Waals surface area (Å²) in [5.74, 6) is -1.94. The predicted octanol–water partition coefficient (Wildman–Crippen LogP) is 2.17. The van der Waals surface area contributed by atoms with Crippen LogP contribution in [0.5, 0.6) is 0 Å². The van der Waals surface area contributed by atoms with Crippen LogP contribution in [0, 0.1) is 11.8 Å². The van der Waals surface area contributed by atoms with Crippen molar-refractivity contribution in [3.63, 3.8) is 0 Å². The molecule has 0 aromatic rings. The Morgan fingerprint density at radius 3 is 1.50 bits per heavy atom. The van der Waals surface area contributed by atoms with Gasteiger partial charge in [0.2, 0.25) is 0 Å². The highest BCUT2D eigenvalue weighted by molar-refractivity contribution is 5.90. The fraction of sp³-hybridized carbons (Fsp3) is 0.556. The Kier molecular flexibility index (Phi) is 8.68. The number of carbonyl (C=O) groups excluding carboxylic acids is 4. The van der Waals surface area contributed by atoms with E-state index in [4.69, 9.17) is 9.47 Å². The van der Waals surface area contributed by atoms with E-state index in [0.29, 0.717) is 12.8 Å². The molecule has 132 valence electrons. The van der Waals surface area contributed by atoms with Crippen molar-refractivity contribution in [2.45, 2.75) is 38.5 Å². The maximum atomic E-state index is 12.3. The lowest BCUT2D eigenvalue weighted by Gasteiger charge is -2.29. The Morgan fingerprint density at radius 1 is 0.792 bits per heavy atom. The van der Waals surface area contributed by atoms with E-state index in [-0.39, 0.29) is 49.5 Å². The lowest BCUT2D eigenvalue weighted by atomic mass is 9.73. The molecule has 0 radical (unpaired) electrons. The van der Waals surface area contributed by atoms with Gasteiger partial charge in [0.25, 0.3) is 0 Å². The van der Waals surface area contributed by atoms with Gasteiger partial charge in [-0.2, -0.15) is 0 Å². The molecule has 1 saturated carbocycles. The number of esters is 2. The lowest BCUT2D eigenvalue weighted by molar-refractivity contribution is -0.142. The SMILES string of the molecule is C=CC(=O)OCCC(=O)C1CCCCC1C(=O)CCOC(=O)C=C. The second kappa shape index (κ2) is 10.5. The fourth-order valence-electron chi connectivity index (χ4n) is 2.89. The molecule has 1 rings (SSSR count). The number of rotatable bonds is 10. The van der Waals surface area contributed by atoms with Gasteiger partial charge in [-0.1, -0.05) is 26.0 Å². The number of carbonyl (C=O) groups is 4. The van der Waals surface area contributed by atoms with Crippen LogP contribution in [0.4, 0.5) is 0 Å². The molecule has 0 bridgehead atoms. The first kappa shape index (κ1) is 19.8. The van der Waals surface area contributed by atoms with Crippen LogP contribution in [0.25, 0.3) is 0 Å². The quantitative estimate of drug-likeness (QED) is 0.449. The zero-order chi connectivity index (χ0) is 17.9. The van der Waals surface area contributed by atoms with Gasteiger partial charge in [0.15, 0.2) is 0 Å². The van der Waals surface area contributed by atoms with Gasteiger partial charge in [0.05, 0.1) is 13.2 Å². The molecule has 2 unspecified atom stereocenters. The maximum absolute atomic E-state index is 12.3. The molecule has 1 aliphatic rings. The molecule has 6 nitrogen and oxygen atoms in total. The molecule has 0 saturated heterocycles. The molecule has 0 heterocycles. The van der Waals surface area contributed by atoms with Crippen molar-refractivity contribution in [3.8, 4) is 0 Å². The van der Waals surface area contributed by atoms with Crippen molar-refractivity contribution in [2.24, 2.45) is 11.8 Å². The summed E-state index contributed by atoms with van der Waals surface area (Å²) in [6.07, 6.45) is 5.41. The van der Waals surface area contributed by atoms with Crippen molar-refractivity contribution in [2.75, 3.05) is 13.2 Å². The van der Waals surface area contributed by atoms with Crippen molar-refractivity contribution in [3.05, 3.63) is 25.3 Å². The molecule has 24 heavy (non-hydrogen) atoms. The molecule has 0 spiro atoms. The van der Waals surface area contributed by atoms with Crippen LogP contribution in [-0.4, -0.2) is 36.7 Å². The predicted molar refractivity (Wildman–Crippen MR) is 87.0 cm³/mol. The van der Waals surface area contributed by atoms with E-state index in [1.165, 1.54) is 0 Å². The number of hydrogen-bond donors (Lipinski definition) is 0. The van der Waals surface area contributed by atoms with E-state index in [1.54, 1.807) is 0 Å². The van der Waals surface area contributed by atoms with Crippen LogP contribution in [0.3, 0.4) is 0 Å². The fourth-order valence-corrected chi connectivity index (χ4v) is 2.89. The summed E-state index contributed by atoms with van der Waals surface area (Å²) >= 11 is 0. The third-order valence-electron chi connectivity index (χ3n) is 4.11. The maximum Gasteiger partial charge on any atom is 0.330 e. The van der Waals surface area contributed by atoms with Gasteiger partial charge in [0, 0.05) is 36.8 Å². The Morgan fingerprint density at radius 2 is 1.17 bits per heavy atom. The monoisotopic (exact) mass is 336 g/mol. The normalized spacial score (nSPS) is 19.8. The van der Waals surface area contributed by atoms with Crippen molar-refractivity contribution < 1.29 is 28.7 Å². The summed E-state index contributed by atoms with van der Waals surface area (Å²) in [7, 11) is 0. The van der Waals surface area contributed by atoms with Crippen LogP contribution >= 0.6 is 0 Å². The molecule has 2 atom stereocenters. The molecule has 0 aromatic carbocycles. The summed E-state index contributed by atoms with van der Waals surface area (Å²) in [6, 6.07) is 0. The highest BCUT2D eigenvalue weighted by Crippen LogP contribution is 2.32. The van der Waals surface area contributed by atoms with Crippen LogP contribution < -0.4 is 0 Å². The average Bonchev–Trinajstić information content (AvgIpc) is 2.60. The number of Topliss-reactive ketones (excluding diaryl/α,β-unsaturated/α-hetero) is 2. The van der Waals surface area contributed by atoms with Crippen molar-refractivity contribution in [1.29, 1.82) is 0 Å². The summed E-state index contributed by atoms with van der Waals surface area (Å²) in [6.45, 7) is 6.56. The molecule has 0 amide bonds. The van der Waals surface area contributed by atoms with E-state index in [9.17, 15) is 19.2 Å². The third-order valence-corrected chi connectivity index (χ3v) is 4.11. The van der Waals surface area contributed by atoms with E-state index >= 15 is 0 Å². The standard InChI is InChI=1S/C18H24O6/c1-3-17(21)23-11-9-15(19)13-7-5-6-8-14(13)16(20)10-12-24-18(22)4-2/h3-4,13-14H,1-2,5-12H2. The highest BCUT2D eigenvalue weighted by Gasteiger charge is 2.34. The highest BCUT2D eigenvalue weighted by atomic mass is 16.5. The van der Waals surface area contributed by atoms with Gasteiger partial charge < -0.3 is 9.47 Å². The molecule has 1 aliphatic carbocycles. The summed E-state index contributed by atoms with van der Waals surface area (Å²) in [5, 5.41) is 0. The van der Waals surface area contributed by atoms with Crippen molar-refractivity contribution in [1.82, 2.24) is 0 Å². The van der Waals surface area contributed by atoms with Crippen LogP contribution in [0.2, 0.25) is 0 Å². The Bertz CT molecular complexity index is 462. The molecular weight excluding hydrogens is 312 g/mol. The minimum Gasteiger partial charge on any atom is -0.462 e. The zero-order valence-electron chi connectivity index (χ0n) is 13.8. The van der Waals surface area contributed by atoms with Crippen LogP contribution in [0.15, 0.2) is 25.3 Å². The van der Waals surface area contributed by atoms with E-state index in [0.717, 1.165) is 25.0 Å². The summed E-state index contributed by atoms with van der Waals surface area (Å²) in [5.41, 5.74) is 0.